The molecule has 50 heavy (non-hydrogen) atoms. The van der Waals surface area contributed by atoms with Gasteiger partial charge in [-0.3, -0.25) is 0 Å². The molecule has 4 saturated carbocycles. The van der Waals surface area contributed by atoms with Gasteiger partial charge in [0.1, 0.15) is 11.5 Å². The molecule has 7 aromatic rings. The number of fused-ring (bicyclic) bond motifs is 14. The highest BCUT2D eigenvalue weighted by atomic mass is 16.5. The standard InChI is InChI=1S/C49H34O/c1-2-11-32-28(10-1)20-22-40-46(32)34-12-3-5-15-36(34)48(40)37-16-6-4-13-35(37)47-33(14-9-18-39(47)48)29-21-23-45-43(25-29)49(38-17-7-8-19-44(38)50-45)41-26-30-24-31(41)27-42(30)49/h1-23,25,30-31,41-42H,24,26-27H2. The van der Waals surface area contributed by atoms with Crippen LogP contribution >= 0.6 is 0 Å². The summed E-state index contributed by atoms with van der Waals surface area (Å²) in [5.41, 5.74) is 16.3. The van der Waals surface area contributed by atoms with E-state index in [4.69, 9.17) is 4.74 Å². The van der Waals surface area contributed by atoms with Crippen molar-refractivity contribution in [3.63, 3.8) is 0 Å². The van der Waals surface area contributed by atoms with Gasteiger partial charge in [-0.15, -0.1) is 0 Å². The molecule has 5 atom stereocenters. The van der Waals surface area contributed by atoms with Gasteiger partial charge < -0.3 is 4.74 Å². The quantitative estimate of drug-likeness (QED) is 0.174. The van der Waals surface area contributed by atoms with Crippen molar-refractivity contribution in [3.8, 4) is 44.9 Å². The molecule has 7 aliphatic rings. The fourth-order valence-electron chi connectivity index (χ4n) is 12.9. The van der Waals surface area contributed by atoms with Crippen LogP contribution in [0.2, 0.25) is 0 Å². The van der Waals surface area contributed by atoms with Crippen LogP contribution in [-0.2, 0) is 10.8 Å². The van der Waals surface area contributed by atoms with E-state index in [2.05, 4.69) is 146 Å². The van der Waals surface area contributed by atoms with Gasteiger partial charge in [0.25, 0.3) is 0 Å². The molecule has 1 heterocycles. The molecule has 5 unspecified atom stereocenters. The van der Waals surface area contributed by atoms with Crippen LogP contribution in [0.5, 0.6) is 11.5 Å². The molecule has 0 radical (unpaired) electrons. The van der Waals surface area contributed by atoms with Crippen molar-refractivity contribution in [1.82, 2.24) is 0 Å². The molecule has 0 amide bonds. The number of rotatable bonds is 1. The summed E-state index contributed by atoms with van der Waals surface area (Å²) in [6.45, 7) is 0. The normalized spacial score (nSPS) is 27.7. The summed E-state index contributed by atoms with van der Waals surface area (Å²) in [5, 5.41) is 2.63. The fraction of sp³-hybridized carbons (Fsp3) is 0.184. The van der Waals surface area contributed by atoms with Gasteiger partial charge in [-0.2, -0.15) is 0 Å². The van der Waals surface area contributed by atoms with Gasteiger partial charge in [0, 0.05) is 16.5 Å². The summed E-state index contributed by atoms with van der Waals surface area (Å²) in [6, 6.07) is 55.4. The van der Waals surface area contributed by atoms with Gasteiger partial charge in [0.05, 0.1) is 5.41 Å². The average molecular weight is 639 g/mol. The summed E-state index contributed by atoms with van der Waals surface area (Å²) in [5.74, 6) is 5.26. The minimum absolute atomic E-state index is 0.0647. The van der Waals surface area contributed by atoms with E-state index in [1.165, 1.54) is 96.8 Å². The molecule has 1 nitrogen and oxygen atoms in total. The van der Waals surface area contributed by atoms with E-state index >= 15 is 0 Å². The van der Waals surface area contributed by atoms with E-state index in [9.17, 15) is 0 Å². The highest BCUT2D eigenvalue weighted by Crippen LogP contribution is 2.76. The molecule has 0 aromatic heterocycles. The smallest absolute Gasteiger partial charge is 0.131 e. The van der Waals surface area contributed by atoms with Gasteiger partial charge in [-0.1, -0.05) is 127 Å². The molecule has 236 valence electrons. The summed E-state index contributed by atoms with van der Waals surface area (Å²) in [6.07, 6.45) is 4.17. The predicted molar refractivity (Wildman–Crippen MR) is 201 cm³/mol. The molecule has 14 rings (SSSR count). The third-order valence-corrected chi connectivity index (χ3v) is 14.3. The molecular weight excluding hydrogens is 605 g/mol. The summed E-state index contributed by atoms with van der Waals surface area (Å²) in [4.78, 5) is 0. The maximum atomic E-state index is 6.77. The Morgan fingerprint density at radius 1 is 0.440 bits per heavy atom. The van der Waals surface area contributed by atoms with Gasteiger partial charge in [0.15, 0.2) is 0 Å². The second-order valence-electron chi connectivity index (χ2n) is 15.9. The van der Waals surface area contributed by atoms with E-state index in [0.29, 0.717) is 11.8 Å². The summed E-state index contributed by atoms with van der Waals surface area (Å²) >= 11 is 0. The molecular formula is C49H34O. The van der Waals surface area contributed by atoms with Gasteiger partial charge in [-0.05, 0) is 128 Å². The van der Waals surface area contributed by atoms with E-state index in [1.54, 1.807) is 0 Å². The summed E-state index contributed by atoms with van der Waals surface area (Å²) < 4.78 is 6.77. The van der Waals surface area contributed by atoms with Crippen LogP contribution in [0, 0.1) is 23.7 Å². The van der Waals surface area contributed by atoms with Crippen molar-refractivity contribution < 1.29 is 4.74 Å². The van der Waals surface area contributed by atoms with Crippen molar-refractivity contribution in [1.29, 1.82) is 0 Å². The number of benzene rings is 7. The van der Waals surface area contributed by atoms with Crippen molar-refractivity contribution in [2.75, 3.05) is 0 Å². The number of para-hydroxylation sites is 1. The van der Waals surface area contributed by atoms with Crippen molar-refractivity contribution in [2.24, 2.45) is 23.7 Å². The highest BCUT2D eigenvalue weighted by molar-refractivity contribution is 6.07. The molecule has 7 aromatic carbocycles. The second kappa shape index (κ2) is 8.84. The third kappa shape index (κ3) is 2.79. The predicted octanol–water partition coefficient (Wildman–Crippen LogP) is 11.9. The Labute approximate surface area is 292 Å². The molecule has 6 aliphatic carbocycles. The first kappa shape index (κ1) is 26.5. The Morgan fingerprint density at radius 3 is 1.86 bits per heavy atom. The Kier molecular flexibility index (Phi) is 4.68. The van der Waals surface area contributed by atoms with E-state index in [0.717, 1.165) is 23.3 Å². The zero-order valence-electron chi connectivity index (χ0n) is 27.7. The molecule has 2 spiro atoms. The first-order chi connectivity index (χ1) is 24.8. The zero-order chi connectivity index (χ0) is 32.3. The van der Waals surface area contributed by atoms with Crippen LogP contribution in [0.1, 0.15) is 52.6 Å². The SMILES string of the molecule is c1ccc2c(c1)Oc1ccc(-c3cccc4c3-c3ccccc3C43c4ccccc4-c4c3ccc3ccccc43)cc1C21C2CC3CC2CC31. The average Bonchev–Trinajstić information content (AvgIpc) is 4.01. The monoisotopic (exact) mass is 638 g/mol. The van der Waals surface area contributed by atoms with Gasteiger partial charge in [-0.25, -0.2) is 0 Å². The topological polar surface area (TPSA) is 9.23 Å². The zero-order valence-corrected chi connectivity index (χ0v) is 27.7. The lowest BCUT2D eigenvalue weighted by atomic mass is 9.62. The maximum Gasteiger partial charge on any atom is 0.131 e. The minimum Gasteiger partial charge on any atom is -0.457 e. The van der Waals surface area contributed by atoms with Crippen LogP contribution in [-0.4, -0.2) is 0 Å². The Bertz CT molecular complexity index is 2650. The first-order valence-electron chi connectivity index (χ1n) is 18.6. The third-order valence-electron chi connectivity index (χ3n) is 14.3. The van der Waals surface area contributed by atoms with E-state index in [-0.39, 0.29) is 10.8 Å². The van der Waals surface area contributed by atoms with Crippen LogP contribution in [0.4, 0.5) is 0 Å². The van der Waals surface area contributed by atoms with Crippen molar-refractivity contribution >= 4 is 10.8 Å². The van der Waals surface area contributed by atoms with Crippen LogP contribution in [0.25, 0.3) is 44.2 Å². The maximum absolute atomic E-state index is 6.77. The molecule has 1 heteroatoms. The lowest BCUT2D eigenvalue weighted by Crippen LogP contribution is -2.39. The largest absolute Gasteiger partial charge is 0.457 e. The van der Waals surface area contributed by atoms with Crippen molar-refractivity contribution in [3.05, 3.63) is 179 Å². The molecule has 1 aliphatic heterocycles. The molecule has 0 saturated heterocycles. The summed E-state index contributed by atoms with van der Waals surface area (Å²) in [7, 11) is 0. The van der Waals surface area contributed by atoms with Gasteiger partial charge >= 0.3 is 0 Å². The Hall–Kier alpha value is -5.40. The van der Waals surface area contributed by atoms with Crippen LogP contribution in [0.3, 0.4) is 0 Å². The van der Waals surface area contributed by atoms with Crippen molar-refractivity contribution in [2.45, 2.75) is 30.1 Å². The lowest BCUT2D eigenvalue weighted by molar-refractivity contribution is 0.269. The number of ether oxygens (including phenoxy) is 1. The molecule has 4 bridgehead atoms. The molecule has 0 N–H and O–H groups in total. The molecule has 4 fully saturated rings. The number of hydrogen-bond acceptors (Lipinski definition) is 1. The van der Waals surface area contributed by atoms with Crippen LogP contribution in [0.15, 0.2) is 146 Å². The van der Waals surface area contributed by atoms with E-state index in [1.807, 2.05) is 0 Å². The highest BCUT2D eigenvalue weighted by Gasteiger charge is 2.70. The van der Waals surface area contributed by atoms with Crippen LogP contribution < -0.4 is 4.74 Å². The minimum atomic E-state index is -0.374. The Balaban J connectivity index is 1.09. The number of hydrogen-bond donors (Lipinski definition) is 0. The second-order valence-corrected chi connectivity index (χ2v) is 15.9. The Morgan fingerprint density at radius 2 is 1.06 bits per heavy atom. The lowest BCUT2D eigenvalue weighted by Gasteiger charge is -2.44. The van der Waals surface area contributed by atoms with Gasteiger partial charge in [0.2, 0.25) is 0 Å². The van der Waals surface area contributed by atoms with E-state index < -0.39 is 0 Å². The fourth-order valence-corrected chi connectivity index (χ4v) is 12.9. The first-order valence-corrected chi connectivity index (χ1v) is 18.6.